The topological polar surface area (TPSA) is 58.1 Å². The summed E-state index contributed by atoms with van der Waals surface area (Å²) in [5, 5.41) is 6.90. The molecule has 30 heavy (non-hydrogen) atoms. The normalized spacial score (nSPS) is 20.1. The Labute approximate surface area is 177 Å². The molecule has 0 spiro atoms. The van der Waals surface area contributed by atoms with E-state index < -0.39 is 6.61 Å². The molecule has 0 aliphatic carbocycles. The SMILES string of the molecule is CCNC(=NCCC1=CCOCC1)NC1CCCN(c2ccc(OC(F)F)cc2)C1. The summed E-state index contributed by atoms with van der Waals surface area (Å²) < 4.78 is 34.5. The van der Waals surface area contributed by atoms with Crippen LogP contribution in [0, 0.1) is 0 Å². The highest BCUT2D eigenvalue weighted by molar-refractivity contribution is 5.80. The van der Waals surface area contributed by atoms with E-state index in [1.54, 1.807) is 12.1 Å². The van der Waals surface area contributed by atoms with Crippen LogP contribution in [-0.2, 0) is 4.74 Å². The van der Waals surface area contributed by atoms with Crippen molar-refractivity contribution in [3.05, 3.63) is 35.9 Å². The number of ether oxygens (including phenoxy) is 2. The van der Waals surface area contributed by atoms with Crippen LogP contribution in [0.3, 0.4) is 0 Å². The summed E-state index contributed by atoms with van der Waals surface area (Å²) in [7, 11) is 0. The molecular weight excluding hydrogens is 390 g/mol. The van der Waals surface area contributed by atoms with Crippen molar-refractivity contribution in [1.82, 2.24) is 10.6 Å². The highest BCUT2D eigenvalue weighted by atomic mass is 19.3. The summed E-state index contributed by atoms with van der Waals surface area (Å²) >= 11 is 0. The number of piperidine rings is 1. The van der Waals surface area contributed by atoms with Gasteiger partial charge in [0.25, 0.3) is 0 Å². The van der Waals surface area contributed by atoms with E-state index >= 15 is 0 Å². The van der Waals surface area contributed by atoms with Crippen molar-refractivity contribution in [2.75, 3.05) is 44.3 Å². The molecule has 3 rings (SSSR count). The summed E-state index contributed by atoms with van der Waals surface area (Å²) in [6.07, 6.45) is 6.24. The maximum atomic E-state index is 12.3. The standard InChI is InChI=1S/C22H32F2N4O2/c1-2-25-22(26-12-9-17-10-14-29-15-11-17)27-18-4-3-13-28(16-18)19-5-7-20(8-6-19)30-21(23)24/h5-8,10,18,21H,2-4,9,11-16H2,1H3,(H2,25,26,27). The summed E-state index contributed by atoms with van der Waals surface area (Å²) in [5.74, 6) is 1.03. The zero-order valence-corrected chi connectivity index (χ0v) is 17.6. The predicted molar refractivity (Wildman–Crippen MR) is 116 cm³/mol. The zero-order valence-electron chi connectivity index (χ0n) is 17.6. The molecule has 2 aliphatic heterocycles. The average molecular weight is 423 g/mol. The fourth-order valence-electron chi connectivity index (χ4n) is 3.79. The first kappa shape index (κ1) is 22.3. The first-order valence-corrected chi connectivity index (χ1v) is 10.7. The van der Waals surface area contributed by atoms with Crippen LogP contribution < -0.4 is 20.3 Å². The van der Waals surface area contributed by atoms with Crippen molar-refractivity contribution in [2.45, 2.75) is 45.3 Å². The maximum absolute atomic E-state index is 12.3. The van der Waals surface area contributed by atoms with E-state index in [1.165, 1.54) is 5.57 Å². The lowest BCUT2D eigenvalue weighted by atomic mass is 10.0. The van der Waals surface area contributed by atoms with Crippen molar-refractivity contribution in [2.24, 2.45) is 4.99 Å². The summed E-state index contributed by atoms with van der Waals surface area (Å²) in [6.45, 7) is 4.12. The van der Waals surface area contributed by atoms with Gasteiger partial charge in [0.15, 0.2) is 5.96 Å². The molecule has 0 bridgehead atoms. The molecule has 2 N–H and O–H groups in total. The average Bonchev–Trinajstić information content (AvgIpc) is 2.75. The highest BCUT2D eigenvalue weighted by Crippen LogP contribution is 2.24. The van der Waals surface area contributed by atoms with Gasteiger partial charge in [-0.05, 0) is 56.9 Å². The molecule has 0 aromatic heterocycles. The summed E-state index contributed by atoms with van der Waals surface area (Å²) in [6, 6.07) is 7.13. The van der Waals surface area contributed by atoms with Gasteiger partial charge in [-0.3, -0.25) is 4.99 Å². The van der Waals surface area contributed by atoms with Crippen molar-refractivity contribution < 1.29 is 18.3 Å². The van der Waals surface area contributed by atoms with Gasteiger partial charge < -0.3 is 25.0 Å². The smallest absolute Gasteiger partial charge is 0.387 e. The Balaban J connectivity index is 1.53. The number of aliphatic imine (C=N–C) groups is 1. The van der Waals surface area contributed by atoms with Gasteiger partial charge in [-0.25, -0.2) is 0 Å². The van der Waals surface area contributed by atoms with E-state index in [-0.39, 0.29) is 11.8 Å². The Morgan fingerprint density at radius 3 is 2.87 bits per heavy atom. The Kier molecular flexibility index (Phi) is 8.74. The molecule has 1 atom stereocenters. The molecule has 1 aromatic carbocycles. The van der Waals surface area contributed by atoms with Crippen LogP contribution in [-0.4, -0.2) is 58.0 Å². The Morgan fingerprint density at radius 2 is 2.17 bits per heavy atom. The van der Waals surface area contributed by atoms with Crippen LogP contribution >= 0.6 is 0 Å². The second-order valence-corrected chi connectivity index (χ2v) is 7.50. The Hall–Kier alpha value is -2.35. The minimum atomic E-state index is -2.80. The third-order valence-electron chi connectivity index (χ3n) is 5.29. The number of benzene rings is 1. The van der Waals surface area contributed by atoms with E-state index in [4.69, 9.17) is 9.73 Å². The quantitative estimate of drug-likeness (QED) is 0.381. The predicted octanol–water partition coefficient (Wildman–Crippen LogP) is 3.55. The van der Waals surface area contributed by atoms with Crippen molar-refractivity contribution in [1.29, 1.82) is 0 Å². The van der Waals surface area contributed by atoms with Gasteiger partial charge >= 0.3 is 6.61 Å². The number of hydrogen-bond donors (Lipinski definition) is 2. The minimum absolute atomic E-state index is 0.182. The molecule has 0 amide bonds. The van der Waals surface area contributed by atoms with Crippen LogP contribution in [0.25, 0.3) is 0 Å². The maximum Gasteiger partial charge on any atom is 0.387 e. The van der Waals surface area contributed by atoms with E-state index in [1.807, 2.05) is 12.1 Å². The lowest BCUT2D eigenvalue weighted by Gasteiger charge is -2.35. The van der Waals surface area contributed by atoms with E-state index in [0.717, 1.165) is 70.1 Å². The van der Waals surface area contributed by atoms with E-state index in [9.17, 15) is 8.78 Å². The molecule has 1 saturated heterocycles. The Morgan fingerprint density at radius 1 is 1.33 bits per heavy atom. The highest BCUT2D eigenvalue weighted by Gasteiger charge is 2.21. The number of rotatable bonds is 8. The largest absolute Gasteiger partial charge is 0.435 e. The number of nitrogens with one attached hydrogen (secondary N) is 2. The number of anilines is 1. The molecule has 166 valence electrons. The summed E-state index contributed by atoms with van der Waals surface area (Å²) in [5.41, 5.74) is 2.43. The fourth-order valence-corrected chi connectivity index (χ4v) is 3.79. The van der Waals surface area contributed by atoms with E-state index in [2.05, 4.69) is 33.3 Å². The monoisotopic (exact) mass is 422 g/mol. The number of nitrogens with zero attached hydrogens (tertiary/aromatic N) is 2. The zero-order chi connectivity index (χ0) is 21.2. The molecule has 1 fully saturated rings. The van der Waals surface area contributed by atoms with Crippen molar-refractivity contribution >= 4 is 11.6 Å². The number of hydrogen-bond acceptors (Lipinski definition) is 4. The second kappa shape index (κ2) is 11.7. The second-order valence-electron chi connectivity index (χ2n) is 7.50. The molecule has 2 heterocycles. The van der Waals surface area contributed by atoms with Gasteiger partial charge in [0.05, 0.1) is 13.2 Å². The minimum Gasteiger partial charge on any atom is -0.435 e. The lowest BCUT2D eigenvalue weighted by molar-refractivity contribution is -0.0498. The van der Waals surface area contributed by atoms with Crippen LogP contribution in [0.5, 0.6) is 5.75 Å². The molecule has 0 radical (unpaired) electrons. The van der Waals surface area contributed by atoms with Crippen molar-refractivity contribution in [3.63, 3.8) is 0 Å². The number of halogens is 2. The van der Waals surface area contributed by atoms with Crippen LogP contribution in [0.1, 0.15) is 32.6 Å². The number of alkyl halides is 2. The molecule has 1 unspecified atom stereocenters. The fraction of sp³-hybridized carbons (Fsp3) is 0.591. The van der Waals surface area contributed by atoms with Gasteiger partial charge in [-0.15, -0.1) is 0 Å². The first-order valence-electron chi connectivity index (χ1n) is 10.7. The van der Waals surface area contributed by atoms with Gasteiger partial charge in [-0.1, -0.05) is 11.6 Å². The third kappa shape index (κ3) is 7.16. The van der Waals surface area contributed by atoms with Gasteiger partial charge in [0.1, 0.15) is 5.75 Å². The molecule has 6 nitrogen and oxygen atoms in total. The third-order valence-corrected chi connectivity index (χ3v) is 5.29. The van der Waals surface area contributed by atoms with Crippen LogP contribution in [0.15, 0.2) is 40.9 Å². The molecular formula is C22H32F2N4O2. The lowest BCUT2D eigenvalue weighted by Crippen LogP contribution is -2.51. The first-order chi connectivity index (χ1) is 14.6. The van der Waals surface area contributed by atoms with Gasteiger partial charge in [0.2, 0.25) is 0 Å². The number of guanidine groups is 1. The molecule has 1 aromatic rings. The van der Waals surface area contributed by atoms with Crippen LogP contribution in [0.4, 0.5) is 14.5 Å². The summed E-state index contributed by atoms with van der Waals surface area (Å²) in [4.78, 5) is 7.01. The van der Waals surface area contributed by atoms with Gasteiger partial charge in [-0.2, -0.15) is 8.78 Å². The molecule has 8 heteroatoms. The van der Waals surface area contributed by atoms with Crippen LogP contribution in [0.2, 0.25) is 0 Å². The Bertz CT molecular complexity index is 710. The van der Waals surface area contributed by atoms with E-state index in [0.29, 0.717) is 6.61 Å². The molecule has 0 saturated carbocycles. The van der Waals surface area contributed by atoms with Gasteiger partial charge in [0, 0.05) is 37.9 Å². The molecule has 2 aliphatic rings. The van der Waals surface area contributed by atoms with Crippen molar-refractivity contribution in [3.8, 4) is 5.75 Å².